The van der Waals surface area contributed by atoms with Gasteiger partial charge in [0.15, 0.2) is 0 Å². The van der Waals surface area contributed by atoms with Crippen molar-refractivity contribution >= 4 is 0 Å². The molecule has 0 bridgehead atoms. The van der Waals surface area contributed by atoms with Gasteiger partial charge in [-0.25, -0.2) is 0 Å². The molecule has 0 saturated heterocycles. The quantitative estimate of drug-likeness (QED) is 0.758. The van der Waals surface area contributed by atoms with Crippen LogP contribution in [0.1, 0.15) is 19.4 Å². The Morgan fingerprint density at radius 3 is 1.83 bits per heavy atom. The van der Waals surface area contributed by atoms with Crippen LogP contribution in [0.15, 0.2) is 30.3 Å². The number of aliphatic hydroxyl groups is 2. The van der Waals surface area contributed by atoms with Gasteiger partial charge in [-0.15, -0.1) is 0 Å². The molecule has 18 heavy (non-hydrogen) atoms. The van der Waals surface area contributed by atoms with E-state index < -0.39 is 17.4 Å². The predicted octanol–water partition coefficient (Wildman–Crippen LogP) is 2.21. The van der Waals surface area contributed by atoms with Crippen LogP contribution >= 0.6 is 0 Å². The summed E-state index contributed by atoms with van der Waals surface area (Å²) < 4.78 is 38.8. The summed E-state index contributed by atoms with van der Waals surface area (Å²) in [5.41, 5.74) is -5.28. The standard InChI is InChI=1S/C13H13F3O2/c1-11(2,17)8-9-12(18,13(14,15)16)10-6-4-3-5-7-10/h3-7,17-18H,1-2H3/t12-/m1/s1. The first-order valence-corrected chi connectivity index (χ1v) is 5.17. The van der Waals surface area contributed by atoms with Gasteiger partial charge in [-0.05, 0) is 13.8 Å². The molecule has 0 radical (unpaired) electrons. The van der Waals surface area contributed by atoms with E-state index in [1.807, 2.05) is 5.92 Å². The SMILES string of the molecule is CC(C)(O)C#C[C@@](O)(c1ccccc1)C(F)(F)F. The van der Waals surface area contributed by atoms with Gasteiger partial charge in [0.1, 0.15) is 5.60 Å². The zero-order valence-corrected chi connectivity index (χ0v) is 9.92. The minimum absolute atomic E-state index is 0.380. The maximum atomic E-state index is 12.9. The topological polar surface area (TPSA) is 40.5 Å². The van der Waals surface area contributed by atoms with E-state index in [0.717, 1.165) is 12.1 Å². The van der Waals surface area contributed by atoms with Gasteiger partial charge in [0.2, 0.25) is 5.60 Å². The zero-order valence-electron chi connectivity index (χ0n) is 9.92. The number of rotatable bonds is 1. The second kappa shape index (κ2) is 4.63. The normalized spacial score (nSPS) is 15.5. The Balaban J connectivity index is 3.33. The lowest BCUT2D eigenvalue weighted by Crippen LogP contribution is -2.41. The molecular formula is C13H13F3O2. The van der Waals surface area contributed by atoms with Crippen molar-refractivity contribution < 1.29 is 23.4 Å². The Labute approximate surface area is 103 Å². The van der Waals surface area contributed by atoms with Crippen LogP contribution in [0.4, 0.5) is 13.2 Å². The first-order chi connectivity index (χ1) is 8.06. The Kier molecular flexibility index (Phi) is 3.75. The van der Waals surface area contributed by atoms with Gasteiger partial charge >= 0.3 is 6.18 Å². The largest absolute Gasteiger partial charge is 0.433 e. The van der Waals surface area contributed by atoms with Crippen molar-refractivity contribution in [3.05, 3.63) is 35.9 Å². The minimum atomic E-state index is -4.95. The smallest absolute Gasteiger partial charge is 0.378 e. The second-order valence-corrected chi connectivity index (χ2v) is 4.38. The Hall–Kier alpha value is -1.51. The number of benzene rings is 1. The van der Waals surface area contributed by atoms with Gasteiger partial charge < -0.3 is 10.2 Å². The number of hydrogen-bond acceptors (Lipinski definition) is 2. The molecule has 0 unspecified atom stereocenters. The third kappa shape index (κ3) is 3.25. The minimum Gasteiger partial charge on any atom is -0.378 e. The molecule has 0 heterocycles. The van der Waals surface area contributed by atoms with Gasteiger partial charge in [-0.2, -0.15) is 13.2 Å². The molecule has 2 nitrogen and oxygen atoms in total. The highest BCUT2D eigenvalue weighted by molar-refractivity contribution is 5.35. The summed E-state index contributed by atoms with van der Waals surface area (Å²) in [6.07, 6.45) is -4.95. The number of alkyl halides is 3. The molecule has 1 aromatic rings. The van der Waals surface area contributed by atoms with Crippen LogP contribution in [0.2, 0.25) is 0 Å². The molecule has 5 heteroatoms. The Bertz CT molecular complexity index is 463. The van der Waals surface area contributed by atoms with Crippen molar-refractivity contribution in [3.8, 4) is 11.8 Å². The highest BCUT2D eigenvalue weighted by Crippen LogP contribution is 2.38. The van der Waals surface area contributed by atoms with E-state index in [2.05, 4.69) is 0 Å². The van der Waals surface area contributed by atoms with Crippen LogP contribution in [-0.2, 0) is 5.60 Å². The van der Waals surface area contributed by atoms with Crippen LogP contribution in [0.3, 0.4) is 0 Å². The fraction of sp³-hybridized carbons (Fsp3) is 0.385. The maximum absolute atomic E-state index is 12.9. The molecule has 0 aliphatic heterocycles. The van der Waals surface area contributed by atoms with Gasteiger partial charge in [0.25, 0.3) is 0 Å². The van der Waals surface area contributed by atoms with Gasteiger partial charge in [0.05, 0.1) is 0 Å². The lowest BCUT2D eigenvalue weighted by Gasteiger charge is -2.26. The molecule has 0 spiro atoms. The Morgan fingerprint density at radius 2 is 1.44 bits per heavy atom. The maximum Gasteiger partial charge on any atom is 0.433 e. The summed E-state index contributed by atoms with van der Waals surface area (Å²) in [5, 5.41) is 19.1. The molecule has 1 aromatic carbocycles. The van der Waals surface area contributed by atoms with E-state index >= 15 is 0 Å². The van der Waals surface area contributed by atoms with E-state index in [1.165, 1.54) is 32.0 Å². The molecule has 98 valence electrons. The lowest BCUT2D eigenvalue weighted by atomic mass is 9.92. The molecule has 0 aliphatic carbocycles. The van der Waals surface area contributed by atoms with Crippen molar-refractivity contribution in [2.75, 3.05) is 0 Å². The van der Waals surface area contributed by atoms with E-state index in [9.17, 15) is 23.4 Å². The van der Waals surface area contributed by atoms with Crippen molar-refractivity contribution in [3.63, 3.8) is 0 Å². The predicted molar refractivity (Wildman–Crippen MR) is 60.5 cm³/mol. The summed E-state index contributed by atoms with van der Waals surface area (Å²) in [5.74, 6) is 3.73. The molecule has 1 atom stereocenters. The second-order valence-electron chi connectivity index (χ2n) is 4.38. The van der Waals surface area contributed by atoms with Crippen molar-refractivity contribution in [1.29, 1.82) is 0 Å². The van der Waals surface area contributed by atoms with Crippen LogP contribution in [0.25, 0.3) is 0 Å². The fourth-order valence-electron chi connectivity index (χ4n) is 1.23. The third-order valence-electron chi connectivity index (χ3n) is 2.15. The molecular weight excluding hydrogens is 245 g/mol. The van der Waals surface area contributed by atoms with Crippen LogP contribution in [0.5, 0.6) is 0 Å². The molecule has 0 aliphatic rings. The first-order valence-electron chi connectivity index (χ1n) is 5.17. The summed E-state index contributed by atoms with van der Waals surface area (Å²) in [6.45, 7) is 2.48. The van der Waals surface area contributed by atoms with Crippen molar-refractivity contribution in [2.45, 2.75) is 31.2 Å². The summed E-state index contributed by atoms with van der Waals surface area (Å²) in [4.78, 5) is 0. The summed E-state index contributed by atoms with van der Waals surface area (Å²) in [6, 6.07) is 6.54. The van der Waals surface area contributed by atoms with Crippen LogP contribution < -0.4 is 0 Å². The van der Waals surface area contributed by atoms with Crippen molar-refractivity contribution in [1.82, 2.24) is 0 Å². The highest BCUT2D eigenvalue weighted by atomic mass is 19.4. The van der Waals surface area contributed by atoms with Crippen molar-refractivity contribution in [2.24, 2.45) is 0 Å². The Morgan fingerprint density at radius 1 is 0.944 bits per heavy atom. The summed E-state index contributed by atoms with van der Waals surface area (Å²) in [7, 11) is 0. The van der Waals surface area contributed by atoms with Crippen LogP contribution in [0, 0.1) is 11.8 Å². The van der Waals surface area contributed by atoms with E-state index in [1.54, 1.807) is 5.92 Å². The molecule has 0 fully saturated rings. The first kappa shape index (κ1) is 14.6. The average molecular weight is 258 g/mol. The average Bonchev–Trinajstić information content (AvgIpc) is 2.24. The van der Waals surface area contributed by atoms with Crippen LogP contribution in [-0.4, -0.2) is 22.0 Å². The van der Waals surface area contributed by atoms with E-state index in [0.29, 0.717) is 0 Å². The van der Waals surface area contributed by atoms with Gasteiger partial charge in [-0.3, -0.25) is 0 Å². The van der Waals surface area contributed by atoms with Gasteiger partial charge in [-0.1, -0.05) is 42.2 Å². The lowest BCUT2D eigenvalue weighted by molar-refractivity contribution is -0.240. The monoisotopic (exact) mass is 258 g/mol. The van der Waals surface area contributed by atoms with Gasteiger partial charge in [0, 0.05) is 5.56 Å². The summed E-state index contributed by atoms with van der Waals surface area (Å²) >= 11 is 0. The molecule has 2 N–H and O–H groups in total. The molecule has 0 amide bonds. The van der Waals surface area contributed by atoms with E-state index in [-0.39, 0.29) is 5.56 Å². The number of hydrogen-bond donors (Lipinski definition) is 2. The third-order valence-corrected chi connectivity index (χ3v) is 2.15. The molecule has 0 aromatic heterocycles. The number of halogens is 3. The van der Waals surface area contributed by atoms with E-state index in [4.69, 9.17) is 0 Å². The highest BCUT2D eigenvalue weighted by Gasteiger charge is 2.54. The fourth-order valence-corrected chi connectivity index (χ4v) is 1.23. The zero-order chi connectivity index (χ0) is 14.0. The molecule has 1 rings (SSSR count). The molecule has 0 saturated carbocycles.